The van der Waals surface area contributed by atoms with Crippen molar-refractivity contribution in [3.05, 3.63) is 110 Å². The second kappa shape index (κ2) is 11.5. The Morgan fingerprint density at radius 2 is 1.95 bits per heavy atom. The highest BCUT2D eigenvalue weighted by atomic mass is 35.5. The van der Waals surface area contributed by atoms with Crippen LogP contribution in [0, 0.1) is 0 Å². The minimum absolute atomic E-state index is 0.0396. The Hall–Kier alpha value is -3.03. The number of carboxylic acid groups (broad SMARTS) is 1. The molecule has 0 aliphatic heterocycles. The molecule has 2 saturated carbocycles. The fraction of sp³-hybridized carbons (Fsp3) is 0.290. The first-order valence-corrected chi connectivity index (χ1v) is 14.1. The normalized spacial score (nSPS) is 21.4. The van der Waals surface area contributed by atoms with Gasteiger partial charge in [-0.05, 0) is 74.4 Å². The lowest BCUT2D eigenvalue weighted by Crippen LogP contribution is -2.40. The maximum Gasteiger partial charge on any atom is 0.335 e. The predicted molar refractivity (Wildman–Crippen MR) is 156 cm³/mol. The molecule has 2 fully saturated rings. The number of aromatic nitrogens is 1. The molecule has 0 unspecified atom stereocenters. The van der Waals surface area contributed by atoms with Gasteiger partial charge in [0.1, 0.15) is 23.8 Å². The van der Waals surface area contributed by atoms with Gasteiger partial charge in [0.25, 0.3) is 0 Å². The first-order valence-electron chi connectivity index (χ1n) is 13.0. The number of halogens is 3. The van der Waals surface area contributed by atoms with Crippen molar-refractivity contribution >= 4 is 46.3 Å². The van der Waals surface area contributed by atoms with Crippen LogP contribution in [0.25, 0.3) is 5.57 Å². The number of ether oxygens (including phenoxy) is 1. The van der Waals surface area contributed by atoms with E-state index in [1.54, 1.807) is 42.5 Å². The van der Waals surface area contributed by atoms with Crippen molar-refractivity contribution < 1.29 is 24.3 Å². The highest BCUT2D eigenvalue weighted by molar-refractivity contribution is 6.42. The summed E-state index contributed by atoms with van der Waals surface area (Å²) in [6.07, 6.45) is 6.14. The molecule has 2 aliphatic carbocycles. The zero-order valence-corrected chi connectivity index (χ0v) is 24.1. The number of carboxylic acids is 1. The van der Waals surface area contributed by atoms with Crippen LogP contribution in [-0.2, 0) is 12.2 Å². The van der Waals surface area contributed by atoms with Gasteiger partial charge in [-0.2, -0.15) is 0 Å². The lowest BCUT2D eigenvalue weighted by Gasteiger charge is -2.44. The lowest BCUT2D eigenvalue weighted by molar-refractivity contribution is -0.0549. The van der Waals surface area contributed by atoms with E-state index in [9.17, 15) is 15.0 Å². The number of allylic oxidation sites excluding steroid dienone is 5. The van der Waals surface area contributed by atoms with Crippen LogP contribution in [-0.4, -0.2) is 21.3 Å². The Morgan fingerprint density at radius 1 is 1.20 bits per heavy atom. The fourth-order valence-electron chi connectivity index (χ4n) is 5.17. The van der Waals surface area contributed by atoms with Gasteiger partial charge in [-0.1, -0.05) is 70.8 Å². The summed E-state index contributed by atoms with van der Waals surface area (Å²) in [7, 11) is 0. The molecular formula is C31H28Cl3NO5. The minimum atomic E-state index is -1.11. The Kier molecular flexibility index (Phi) is 8.16. The van der Waals surface area contributed by atoms with Gasteiger partial charge in [0.15, 0.2) is 0 Å². The zero-order chi connectivity index (χ0) is 28.6. The number of benzene rings is 2. The molecule has 2 N–H and O–H groups in total. The van der Waals surface area contributed by atoms with Gasteiger partial charge >= 0.3 is 5.97 Å². The molecule has 1 heterocycles. The summed E-state index contributed by atoms with van der Waals surface area (Å²) in [4.78, 5) is 11.3. The average molecular weight is 601 g/mol. The monoisotopic (exact) mass is 599 g/mol. The number of hydrogen-bond acceptors (Lipinski definition) is 5. The van der Waals surface area contributed by atoms with E-state index in [-0.39, 0.29) is 24.0 Å². The van der Waals surface area contributed by atoms with Gasteiger partial charge in [-0.25, -0.2) is 4.79 Å². The molecule has 3 aromatic rings. The van der Waals surface area contributed by atoms with Gasteiger partial charge in [-0.15, -0.1) is 0 Å². The molecule has 6 nitrogen and oxygen atoms in total. The van der Waals surface area contributed by atoms with E-state index < -0.39 is 11.6 Å². The first-order chi connectivity index (χ1) is 19.1. The average Bonchev–Trinajstić information content (AvgIpc) is 3.70. The topological polar surface area (TPSA) is 92.8 Å². The molecule has 0 bridgehead atoms. The Bertz CT molecular complexity index is 1530. The Balaban J connectivity index is 1.34. The molecule has 2 aromatic carbocycles. The van der Waals surface area contributed by atoms with Crippen molar-refractivity contribution in [3.63, 3.8) is 0 Å². The maximum absolute atomic E-state index is 11.3. The number of carbonyl (C=O) groups is 1. The third-order valence-corrected chi connectivity index (χ3v) is 8.58. The van der Waals surface area contributed by atoms with Crippen LogP contribution < -0.4 is 4.74 Å². The van der Waals surface area contributed by atoms with Gasteiger partial charge in [-0.3, -0.25) is 0 Å². The molecule has 0 radical (unpaired) electrons. The van der Waals surface area contributed by atoms with E-state index >= 15 is 0 Å². The molecule has 5 rings (SSSR count). The fourth-order valence-corrected chi connectivity index (χ4v) is 5.94. The van der Waals surface area contributed by atoms with Crippen molar-refractivity contribution in [2.75, 3.05) is 0 Å². The molecule has 0 saturated heterocycles. The van der Waals surface area contributed by atoms with Crippen molar-refractivity contribution in [2.24, 2.45) is 0 Å². The SMILES string of the molecule is C=C/C(Cl)=C(\C(Cl)=C/C)c1noc(C2CC2)c1COc1ccc([C@]2(O)C[C@H](c3cccc(C(=O)O)c3)C2)c(Cl)c1. The number of rotatable bonds is 10. The maximum atomic E-state index is 11.3. The summed E-state index contributed by atoms with van der Waals surface area (Å²) in [6.45, 7) is 5.73. The molecule has 2 aliphatic rings. The van der Waals surface area contributed by atoms with Crippen LogP contribution in [0.4, 0.5) is 0 Å². The van der Waals surface area contributed by atoms with Gasteiger partial charge in [0.05, 0.1) is 26.8 Å². The highest BCUT2D eigenvalue weighted by Gasteiger charge is 2.45. The third-order valence-electron chi connectivity index (χ3n) is 7.51. The lowest BCUT2D eigenvalue weighted by atomic mass is 9.65. The van der Waals surface area contributed by atoms with E-state index in [1.807, 2.05) is 13.0 Å². The number of aliphatic hydroxyl groups is 1. The van der Waals surface area contributed by atoms with Crippen LogP contribution in [0.5, 0.6) is 5.75 Å². The van der Waals surface area contributed by atoms with Gasteiger partial charge in [0, 0.05) is 22.1 Å². The van der Waals surface area contributed by atoms with Crippen LogP contribution in [0.2, 0.25) is 5.02 Å². The van der Waals surface area contributed by atoms with E-state index in [0.717, 1.165) is 29.7 Å². The third kappa shape index (κ3) is 5.59. The van der Waals surface area contributed by atoms with Gasteiger partial charge < -0.3 is 19.5 Å². The molecule has 0 spiro atoms. The standard InChI is InChI=1S/C31H28Cl3NO5/c1-3-24(32)27(25(33)4-2)28-22(29(40-35-28)17-8-9-17)16-39-21-10-11-23(26(34)13-21)31(38)14-20(15-31)18-6-5-7-19(12-18)30(36)37/h3-7,10-13,17,20,38H,1,8-9,14-16H2,2H3,(H,36,37)/b25-4+,27-24-/t20-,31-. The summed E-state index contributed by atoms with van der Waals surface area (Å²) < 4.78 is 11.9. The van der Waals surface area contributed by atoms with Crippen molar-refractivity contribution in [3.8, 4) is 5.75 Å². The minimum Gasteiger partial charge on any atom is -0.489 e. The number of hydrogen-bond donors (Lipinski definition) is 2. The predicted octanol–water partition coefficient (Wildman–Crippen LogP) is 8.53. The summed E-state index contributed by atoms with van der Waals surface area (Å²) in [6, 6.07) is 12.1. The van der Waals surface area contributed by atoms with Crippen molar-refractivity contribution in [1.82, 2.24) is 5.16 Å². The van der Waals surface area contributed by atoms with Crippen molar-refractivity contribution in [2.45, 2.75) is 56.7 Å². The van der Waals surface area contributed by atoms with Crippen molar-refractivity contribution in [1.29, 1.82) is 0 Å². The quantitative estimate of drug-likeness (QED) is 0.227. The zero-order valence-electron chi connectivity index (χ0n) is 21.8. The molecule has 0 atom stereocenters. The summed E-state index contributed by atoms with van der Waals surface area (Å²) in [5, 5.41) is 26.0. The molecule has 9 heteroatoms. The largest absolute Gasteiger partial charge is 0.489 e. The molecule has 0 amide bonds. The highest BCUT2D eigenvalue weighted by Crippen LogP contribution is 2.53. The molecule has 1 aromatic heterocycles. The summed E-state index contributed by atoms with van der Waals surface area (Å²) in [5.74, 6) is 0.618. The summed E-state index contributed by atoms with van der Waals surface area (Å²) in [5.41, 5.74) is 2.43. The molecule has 208 valence electrons. The van der Waals surface area contributed by atoms with E-state index in [0.29, 0.717) is 50.5 Å². The molecule has 40 heavy (non-hydrogen) atoms. The van der Waals surface area contributed by atoms with E-state index in [4.69, 9.17) is 44.1 Å². The van der Waals surface area contributed by atoms with Crippen LogP contribution in [0.3, 0.4) is 0 Å². The second-order valence-electron chi connectivity index (χ2n) is 10.2. The van der Waals surface area contributed by atoms with Crippen LogP contribution in [0.15, 0.2) is 75.8 Å². The Labute approximate surface area is 247 Å². The Morgan fingerprint density at radius 3 is 2.58 bits per heavy atom. The molecular weight excluding hydrogens is 573 g/mol. The van der Waals surface area contributed by atoms with Crippen LogP contribution >= 0.6 is 34.8 Å². The van der Waals surface area contributed by atoms with Crippen LogP contribution in [0.1, 0.15) is 82.9 Å². The summed E-state index contributed by atoms with van der Waals surface area (Å²) >= 11 is 19.6. The number of nitrogens with zero attached hydrogens (tertiary/aromatic N) is 1. The van der Waals surface area contributed by atoms with E-state index in [1.165, 1.54) is 6.08 Å². The first kappa shape index (κ1) is 28.5. The number of aromatic carboxylic acids is 1. The smallest absolute Gasteiger partial charge is 0.335 e. The van der Waals surface area contributed by atoms with Gasteiger partial charge in [0.2, 0.25) is 0 Å². The van der Waals surface area contributed by atoms with E-state index in [2.05, 4.69) is 11.7 Å². The second-order valence-corrected chi connectivity index (χ2v) is 11.4.